The number of benzene rings is 1. The van der Waals surface area contributed by atoms with Gasteiger partial charge in [-0.2, -0.15) is 0 Å². The largest absolute Gasteiger partial charge is 0.508 e. The van der Waals surface area contributed by atoms with Crippen molar-refractivity contribution in [2.75, 3.05) is 14.1 Å². The Hall–Kier alpha value is -2.24. The zero-order valence-electron chi connectivity index (χ0n) is 17.3. The summed E-state index contributed by atoms with van der Waals surface area (Å²) in [7, 11) is 3.31. The van der Waals surface area contributed by atoms with Crippen LogP contribution in [0.15, 0.2) is 34.6 Å². The zero-order valence-corrected chi connectivity index (χ0v) is 19.4. The molecule has 0 aromatic heterocycles. The van der Waals surface area contributed by atoms with Crippen molar-refractivity contribution >= 4 is 40.1 Å². The van der Waals surface area contributed by atoms with Gasteiger partial charge in [-0.25, -0.2) is 0 Å². The van der Waals surface area contributed by atoms with Gasteiger partial charge >= 0.3 is 0 Å². The number of nitrogens with two attached hydrogens (primary N) is 1. The summed E-state index contributed by atoms with van der Waals surface area (Å²) in [5, 5.41) is 33.0. The number of fused-ring (bicyclic) bond motifs is 3. The highest BCUT2D eigenvalue weighted by molar-refractivity contribution is 14.1. The molecule has 0 saturated heterocycles. The number of Topliss-reactive ketones (excluding diaryl/α,β-unsaturated/α-hetero) is 2. The number of carbonyl (C=O) groups excluding carboxylic acids is 3. The number of primary amides is 1. The minimum atomic E-state index is -2.09. The van der Waals surface area contributed by atoms with E-state index in [9.17, 15) is 29.7 Å². The Morgan fingerprint density at radius 3 is 2.48 bits per heavy atom. The number of amides is 1. The topological polar surface area (TPSA) is 141 Å². The average molecular weight is 538 g/mol. The van der Waals surface area contributed by atoms with Gasteiger partial charge in [0.25, 0.3) is 5.91 Å². The Balaban J connectivity index is 2.01. The summed E-state index contributed by atoms with van der Waals surface area (Å²) in [5.41, 5.74) is 4.04. The highest BCUT2D eigenvalue weighted by Gasteiger charge is 2.60. The maximum Gasteiger partial charge on any atom is 0.255 e. The molecule has 5 N–H and O–H groups in total. The molecule has 1 amide bonds. The van der Waals surface area contributed by atoms with E-state index in [4.69, 9.17) is 5.73 Å². The van der Waals surface area contributed by atoms with Gasteiger partial charge < -0.3 is 21.1 Å². The van der Waals surface area contributed by atoms with Gasteiger partial charge in [0.05, 0.1) is 11.6 Å². The predicted octanol–water partition coefficient (Wildman–Crippen LogP) is 1.23. The van der Waals surface area contributed by atoms with E-state index in [-0.39, 0.29) is 29.2 Å². The van der Waals surface area contributed by atoms with Gasteiger partial charge in [-0.05, 0) is 85.6 Å². The molecule has 164 valence electrons. The summed E-state index contributed by atoms with van der Waals surface area (Å²) in [6, 6.07) is 2.29. The van der Waals surface area contributed by atoms with Gasteiger partial charge in [0, 0.05) is 15.1 Å². The first-order chi connectivity index (χ1) is 14.4. The van der Waals surface area contributed by atoms with Crippen LogP contribution < -0.4 is 5.73 Å². The SMILES string of the molecule is CC1=C2C(=O)c3c(O)ccc(I)c3C[C@H]2C[C@H]2[C@H](N(C)C)C(=O)C(C(N)=O)=C(O)[C@@]12O. The summed E-state index contributed by atoms with van der Waals surface area (Å²) in [5.74, 6) is -4.23. The lowest BCUT2D eigenvalue weighted by Crippen LogP contribution is -2.62. The minimum absolute atomic E-state index is 0.143. The molecular formula is C22H23IN2O6. The number of phenolic OH excluding ortho intramolecular Hbond substituents is 1. The van der Waals surface area contributed by atoms with Crippen LogP contribution in [-0.2, 0) is 16.0 Å². The smallest absolute Gasteiger partial charge is 0.255 e. The predicted molar refractivity (Wildman–Crippen MR) is 119 cm³/mol. The van der Waals surface area contributed by atoms with Crippen molar-refractivity contribution in [3.63, 3.8) is 0 Å². The molecule has 9 heteroatoms. The van der Waals surface area contributed by atoms with Gasteiger partial charge in [0.1, 0.15) is 22.7 Å². The van der Waals surface area contributed by atoms with Crippen LogP contribution in [0.5, 0.6) is 5.75 Å². The third-order valence-electron chi connectivity index (χ3n) is 6.91. The Morgan fingerprint density at radius 1 is 1.26 bits per heavy atom. The Labute approximate surface area is 192 Å². The van der Waals surface area contributed by atoms with Gasteiger partial charge in [0.15, 0.2) is 11.6 Å². The first-order valence-electron chi connectivity index (χ1n) is 9.85. The van der Waals surface area contributed by atoms with E-state index in [1.807, 2.05) is 0 Å². The van der Waals surface area contributed by atoms with Crippen molar-refractivity contribution < 1.29 is 29.7 Å². The summed E-state index contributed by atoms with van der Waals surface area (Å²) in [6.07, 6.45) is 0.694. The third-order valence-corrected chi connectivity index (χ3v) is 7.92. The standard InChI is InChI=1S/C22H23IN2O6/c1-8-14-9(6-10-12(23)4-5-13(26)15(10)18(14)27)7-11-17(25(2)3)19(28)16(21(24)30)20(29)22(8,11)31/h4-5,9,11,17,26,29,31H,6-7H2,1-3H3,(H2,24,30)/t9-,11-,17-,22+/m0/s1. The molecule has 3 aliphatic rings. The third kappa shape index (κ3) is 2.82. The number of aliphatic hydroxyl groups is 2. The molecule has 31 heavy (non-hydrogen) atoms. The van der Waals surface area contributed by atoms with E-state index in [0.717, 1.165) is 9.13 Å². The van der Waals surface area contributed by atoms with E-state index in [2.05, 4.69) is 22.6 Å². The number of phenols is 1. The maximum absolute atomic E-state index is 13.5. The molecular weight excluding hydrogens is 515 g/mol. The maximum atomic E-state index is 13.5. The molecule has 8 nitrogen and oxygen atoms in total. The number of halogens is 1. The summed E-state index contributed by atoms with van der Waals surface area (Å²) >= 11 is 2.12. The highest BCUT2D eigenvalue weighted by Crippen LogP contribution is 2.53. The quantitative estimate of drug-likeness (QED) is 0.328. The van der Waals surface area contributed by atoms with Crippen LogP contribution >= 0.6 is 22.6 Å². The van der Waals surface area contributed by atoms with E-state index < -0.39 is 46.4 Å². The molecule has 0 bridgehead atoms. The summed E-state index contributed by atoms with van der Waals surface area (Å²) in [4.78, 5) is 40.1. The molecule has 0 spiro atoms. The molecule has 0 saturated carbocycles. The number of allylic oxidation sites excluding steroid dienone is 1. The molecule has 1 aromatic rings. The Kier molecular flexibility index (Phi) is 5.06. The van der Waals surface area contributed by atoms with Crippen molar-refractivity contribution in [2.24, 2.45) is 17.6 Å². The van der Waals surface area contributed by atoms with Crippen LogP contribution in [0.1, 0.15) is 29.3 Å². The Morgan fingerprint density at radius 2 is 1.90 bits per heavy atom. The first kappa shape index (κ1) is 22.0. The van der Waals surface area contributed by atoms with Gasteiger partial charge in [-0.3, -0.25) is 19.3 Å². The first-order valence-corrected chi connectivity index (χ1v) is 10.9. The van der Waals surface area contributed by atoms with Crippen LogP contribution in [0.3, 0.4) is 0 Å². The van der Waals surface area contributed by atoms with Crippen molar-refractivity contribution in [3.05, 3.63) is 49.3 Å². The monoisotopic (exact) mass is 538 g/mol. The summed E-state index contributed by atoms with van der Waals surface area (Å²) in [6.45, 7) is 1.53. The number of rotatable bonds is 2. The molecule has 1 aromatic carbocycles. The number of hydrogen-bond donors (Lipinski definition) is 4. The van der Waals surface area contributed by atoms with Crippen LogP contribution in [0.4, 0.5) is 0 Å². The van der Waals surface area contributed by atoms with Crippen LogP contribution in [-0.4, -0.2) is 63.4 Å². The van der Waals surface area contributed by atoms with Crippen LogP contribution in [0.25, 0.3) is 0 Å². The van der Waals surface area contributed by atoms with Gasteiger partial charge in [-0.1, -0.05) is 0 Å². The zero-order chi connectivity index (χ0) is 23.0. The number of nitrogens with zero attached hydrogens (tertiary/aromatic N) is 1. The Bertz CT molecular complexity index is 1120. The molecule has 3 aliphatic carbocycles. The fraction of sp³-hybridized carbons (Fsp3) is 0.409. The molecule has 0 radical (unpaired) electrons. The van der Waals surface area contributed by atoms with E-state index in [1.54, 1.807) is 25.1 Å². The van der Waals surface area contributed by atoms with E-state index in [0.29, 0.717) is 12.0 Å². The van der Waals surface area contributed by atoms with Gasteiger partial charge in [0.2, 0.25) is 0 Å². The van der Waals surface area contributed by atoms with Crippen molar-refractivity contribution in [1.82, 2.24) is 4.90 Å². The minimum Gasteiger partial charge on any atom is -0.508 e. The van der Waals surface area contributed by atoms with Crippen molar-refractivity contribution in [3.8, 4) is 5.75 Å². The summed E-state index contributed by atoms with van der Waals surface area (Å²) < 4.78 is 0.846. The van der Waals surface area contributed by atoms with Crippen LogP contribution in [0, 0.1) is 15.4 Å². The fourth-order valence-corrected chi connectivity index (χ4v) is 6.22. The number of aliphatic hydroxyl groups excluding tert-OH is 1. The molecule has 0 aliphatic heterocycles. The lowest BCUT2D eigenvalue weighted by atomic mass is 9.57. The van der Waals surface area contributed by atoms with Crippen molar-refractivity contribution in [1.29, 1.82) is 0 Å². The second-order valence-corrected chi connectivity index (χ2v) is 9.82. The van der Waals surface area contributed by atoms with Gasteiger partial charge in [-0.15, -0.1) is 0 Å². The second kappa shape index (κ2) is 7.14. The number of hydrogen-bond acceptors (Lipinski definition) is 7. The second-order valence-electron chi connectivity index (χ2n) is 8.66. The molecule has 0 fully saturated rings. The normalized spacial score (nSPS) is 30.3. The molecule has 0 unspecified atom stereocenters. The number of likely N-dealkylation sites (N-methyl/N-ethyl adjacent to an activating group) is 1. The number of ketones is 2. The number of aromatic hydroxyl groups is 1. The molecule has 4 rings (SSSR count). The number of carbonyl (C=O) groups is 3. The van der Waals surface area contributed by atoms with E-state index >= 15 is 0 Å². The van der Waals surface area contributed by atoms with E-state index in [1.165, 1.54) is 13.0 Å². The average Bonchev–Trinajstić information content (AvgIpc) is 2.67. The lowest BCUT2D eigenvalue weighted by Gasteiger charge is -2.51. The van der Waals surface area contributed by atoms with Crippen LogP contribution in [0.2, 0.25) is 0 Å². The van der Waals surface area contributed by atoms with Crippen molar-refractivity contribution in [2.45, 2.75) is 31.4 Å². The lowest BCUT2D eigenvalue weighted by molar-refractivity contribution is -0.133. The molecule has 4 atom stereocenters. The highest BCUT2D eigenvalue weighted by atomic mass is 127. The molecule has 0 heterocycles. The fourth-order valence-electron chi connectivity index (χ4n) is 5.55.